The fourth-order valence-corrected chi connectivity index (χ4v) is 2.45. The minimum atomic E-state index is -0.105. The van der Waals surface area contributed by atoms with Crippen LogP contribution < -0.4 is 5.32 Å². The Bertz CT molecular complexity index is 456. The first-order chi connectivity index (χ1) is 9.58. The van der Waals surface area contributed by atoms with E-state index < -0.39 is 0 Å². The Morgan fingerprint density at radius 1 is 1.50 bits per heavy atom. The number of amides is 3. The van der Waals surface area contributed by atoms with Gasteiger partial charge in [-0.15, -0.1) is 0 Å². The molecule has 1 aliphatic rings. The summed E-state index contributed by atoms with van der Waals surface area (Å²) >= 11 is 0. The van der Waals surface area contributed by atoms with Gasteiger partial charge >= 0.3 is 6.03 Å². The lowest BCUT2D eigenvalue weighted by molar-refractivity contribution is -0.126. The van der Waals surface area contributed by atoms with Crippen molar-refractivity contribution in [1.82, 2.24) is 20.1 Å². The van der Waals surface area contributed by atoms with Crippen LogP contribution in [0, 0.1) is 5.92 Å². The number of nitrogens with zero attached hydrogens (tertiary/aromatic N) is 2. The normalized spacial score (nSPS) is 18.7. The monoisotopic (exact) mass is 278 g/mol. The molecule has 2 heterocycles. The molecule has 20 heavy (non-hydrogen) atoms. The molecular formula is C14H22N4O2. The van der Waals surface area contributed by atoms with E-state index in [2.05, 4.69) is 10.3 Å². The first-order valence-electron chi connectivity index (χ1n) is 6.93. The van der Waals surface area contributed by atoms with E-state index in [1.165, 1.54) is 0 Å². The molecule has 0 bridgehead atoms. The molecule has 0 radical (unpaired) electrons. The van der Waals surface area contributed by atoms with Gasteiger partial charge in [-0.3, -0.25) is 4.79 Å². The smallest absolute Gasteiger partial charge is 0.319 e. The molecule has 1 aliphatic heterocycles. The third-order valence-electron chi connectivity index (χ3n) is 3.57. The number of hydrogen-bond donors (Lipinski definition) is 2. The predicted octanol–water partition coefficient (Wildman–Crippen LogP) is 1.02. The number of carbonyl (C=O) groups is 2. The highest BCUT2D eigenvalue weighted by atomic mass is 16.2. The topological polar surface area (TPSA) is 68.4 Å². The average molecular weight is 278 g/mol. The summed E-state index contributed by atoms with van der Waals surface area (Å²) in [6.45, 7) is 1.77. The fourth-order valence-electron chi connectivity index (χ4n) is 2.45. The van der Waals surface area contributed by atoms with E-state index in [9.17, 15) is 9.59 Å². The third kappa shape index (κ3) is 3.53. The zero-order valence-corrected chi connectivity index (χ0v) is 12.1. The number of likely N-dealkylation sites (tertiary alicyclic amines) is 1. The van der Waals surface area contributed by atoms with E-state index in [1.54, 1.807) is 23.9 Å². The van der Waals surface area contributed by atoms with Gasteiger partial charge < -0.3 is 20.1 Å². The minimum Gasteiger partial charge on any atom is -0.367 e. The Balaban J connectivity index is 1.85. The van der Waals surface area contributed by atoms with E-state index in [-0.39, 0.29) is 17.9 Å². The molecule has 3 amide bonds. The molecular weight excluding hydrogens is 256 g/mol. The lowest BCUT2D eigenvalue weighted by atomic mass is 9.97. The molecule has 6 heteroatoms. The van der Waals surface area contributed by atoms with Gasteiger partial charge in [0.15, 0.2) is 0 Å². The maximum atomic E-state index is 12.2. The van der Waals surface area contributed by atoms with Crippen LogP contribution in [0.4, 0.5) is 4.79 Å². The summed E-state index contributed by atoms with van der Waals surface area (Å²) in [4.78, 5) is 30.4. The van der Waals surface area contributed by atoms with E-state index >= 15 is 0 Å². The van der Waals surface area contributed by atoms with Crippen LogP contribution in [0.5, 0.6) is 0 Å². The zero-order chi connectivity index (χ0) is 14.5. The number of rotatable bonds is 3. The van der Waals surface area contributed by atoms with Gasteiger partial charge in [0.2, 0.25) is 5.91 Å². The Kier molecular flexibility index (Phi) is 4.65. The molecule has 1 saturated heterocycles. The maximum absolute atomic E-state index is 12.2. The summed E-state index contributed by atoms with van der Waals surface area (Å²) in [5.41, 5.74) is 1.05. The van der Waals surface area contributed by atoms with Crippen molar-refractivity contribution < 1.29 is 9.59 Å². The predicted molar refractivity (Wildman–Crippen MR) is 76.0 cm³/mol. The Hall–Kier alpha value is -1.98. The zero-order valence-electron chi connectivity index (χ0n) is 12.1. The van der Waals surface area contributed by atoms with Gasteiger partial charge in [-0.1, -0.05) is 0 Å². The maximum Gasteiger partial charge on any atom is 0.319 e. The number of aromatic amines is 1. The van der Waals surface area contributed by atoms with Crippen LogP contribution in [-0.2, 0) is 11.3 Å². The first-order valence-corrected chi connectivity index (χ1v) is 6.93. The molecule has 1 aromatic rings. The van der Waals surface area contributed by atoms with Crippen LogP contribution in [0.2, 0.25) is 0 Å². The Morgan fingerprint density at radius 2 is 2.30 bits per heavy atom. The van der Waals surface area contributed by atoms with E-state index in [1.807, 2.05) is 18.5 Å². The SMILES string of the molecule is CN(C)C(=O)N1CCCC(C(=O)NCc2cc[nH]c2)C1. The average Bonchev–Trinajstić information content (AvgIpc) is 2.97. The lowest BCUT2D eigenvalue weighted by Gasteiger charge is -2.33. The highest BCUT2D eigenvalue weighted by Crippen LogP contribution is 2.17. The number of nitrogens with one attached hydrogen (secondary N) is 2. The summed E-state index contributed by atoms with van der Waals surface area (Å²) in [7, 11) is 3.47. The van der Waals surface area contributed by atoms with E-state index in [4.69, 9.17) is 0 Å². The van der Waals surface area contributed by atoms with Crippen LogP contribution in [-0.4, -0.2) is 53.9 Å². The molecule has 110 valence electrons. The first kappa shape index (κ1) is 14.4. The van der Waals surface area contributed by atoms with Crippen molar-refractivity contribution >= 4 is 11.9 Å². The van der Waals surface area contributed by atoms with Crippen molar-refractivity contribution in [3.63, 3.8) is 0 Å². The van der Waals surface area contributed by atoms with Crippen molar-refractivity contribution in [2.45, 2.75) is 19.4 Å². The van der Waals surface area contributed by atoms with Crippen molar-refractivity contribution in [3.8, 4) is 0 Å². The molecule has 1 fully saturated rings. The van der Waals surface area contributed by atoms with Crippen molar-refractivity contribution in [2.24, 2.45) is 5.92 Å². The summed E-state index contributed by atoms with van der Waals surface area (Å²) in [6, 6.07) is 1.91. The largest absolute Gasteiger partial charge is 0.367 e. The Morgan fingerprint density at radius 3 is 2.95 bits per heavy atom. The molecule has 0 aliphatic carbocycles. The second-order valence-electron chi connectivity index (χ2n) is 5.40. The summed E-state index contributed by atoms with van der Waals surface area (Å²) in [6.07, 6.45) is 5.42. The molecule has 1 aromatic heterocycles. The summed E-state index contributed by atoms with van der Waals surface area (Å²) in [5, 5.41) is 2.93. The molecule has 2 rings (SSSR count). The van der Waals surface area contributed by atoms with Gasteiger partial charge in [-0.2, -0.15) is 0 Å². The van der Waals surface area contributed by atoms with Crippen molar-refractivity contribution in [2.75, 3.05) is 27.2 Å². The molecule has 2 N–H and O–H groups in total. The number of aromatic nitrogens is 1. The van der Waals surface area contributed by atoms with Crippen LogP contribution >= 0.6 is 0 Å². The lowest BCUT2D eigenvalue weighted by Crippen LogP contribution is -2.48. The summed E-state index contributed by atoms with van der Waals surface area (Å²) < 4.78 is 0. The molecule has 1 unspecified atom stereocenters. The van der Waals surface area contributed by atoms with Gasteiger partial charge in [0.1, 0.15) is 0 Å². The third-order valence-corrected chi connectivity index (χ3v) is 3.57. The molecule has 0 aromatic carbocycles. The number of H-pyrrole nitrogens is 1. The molecule has 6 nitrogen and oxygen atoms in total. The molecule has 0 spiro atoms. The van der Waals surface area contributed by atoms with Gasteiger partial charge in [0.05, 0.1) is 5.92 Å². The highest BCUT2D eigenvalue weighted by Gasteiger charge is 2.28. The quantitative estimate of drug-likeness (QED) is 0.867. The van der Waals surface area contributed by atoms with E-state index in [0.29, 0.717) is 13.1 Å². The van der Waals surface area contributed by atoms with Crippen LogP contribution in [0.3, 0.4) is 0 Å². The van der Waals surface area contributed by atoms with Gasteiger partial charge in [-0.25, -0.2) is 4.79 Å². The van der Waals surface area contributed by atoms with E-state index in [0.717, 1.165) is 24.9 Å². The number of hydrogen-bond acceptors (Lipinski definition) is 2. The second kappa shape index (κ2) is 6.45. The van der Waals surface area contributed by atoms with Crippen molar-refractivity contribution in [3.05, 3.63) is 24.0 Å². The van der Waals surface area contributed by atoms with Gasteiger partial charge in [0, 0.05) is 46.1 Å². The standard InChI is InChI=1S/C14H22N4O2/c1-17(2)14(20)18-7-3-4-12(10-18)13(19)16-9-11-5-6-15-8-11/h5-6,8,12,15H,3-4,7,9-10H2,1-2H3,(H,16,19). The molecule has 0 saturated carbocycles. The second-order valence-corrected chi connectivity index (χ2v) is 5.40. The number of urea groups is 1. The van der Waals surface area contributed by atoms with Crippen molar-refractivity contribution in [1.29, 1.82) is 0 Å². The van der Waals surface area contributed by atoms with Crippen LogP contribution in [0.25, 0.3) is 0 Å². The fraction of sp³-hybridized carbons (Fsp3) is 0.571. The molecule has 1 atom stereocenters. The van der Waals surface area contributed by atoms with Gasteiger partial charge in [-0.05, 0) is 24.5 Å². The van der Waals surface area contributed by atoms with Gasteiger partial charge in [0.25, 0.3) is 0 Å². The minimum absolute atomic E-state index is 0.0202. The van der Waals surface area contributed by atoms with Crippen LogP contribution in [0.1, 0.15) is 18.4 Å². The van der Waals surface area contributed by atoms with Crippen LogP contribution in [0.15, 0.2) is 18.5 Å². The summed E-state index contributed by atoms with van der Waals surface area (Å²) in [5.74, 6) is -0.0750. The Labute approximate surface area is 119 Å². The highest BCUT2D eigenvalue weighted by molar-refractivity contribution is 5.80. The number of piperidine rings is 1. The number of carbonyl (C=O) groups excluding carboxylic acids is 2.